The van der Waals surface area contributed by atoms with Gasteiger partial charge < -0.3 is 5.11 Å². The molecule has 1 atom stereocenters. The normalized spacial score (nSPS) is 12.3. The van der Waals surface area contributed by atoms with Gasteiger partial charge in [-0.05, 0) is 30.5 Å². The van der Waals surface area contributed by atoms with Crippen molar-refractivity contribution in [1.82, 2.24) is 0 Å². The van der Waals surface area contributed by atoms with Crippen molar-refractivity contribution in [2.45, 2.75) is 12.8 Å². The molecule has 88 valence electrons. The lowest BCUT2D eigenvalue weighted by molar-refractivity contribution is -0.138. The van der Waals surface area contributed by atoms with Crippen LogP contribution in [0.1, 0.15) is 32.3 Å². The molecule has 2 aromatic rings. The molecular formula is C12H10O3S2. The minimum Gasteiger partial charge on any atom is -0.481 e. The van der Waals surface area contributed by atoms with Crippen molar-refractivity contribution < 1.29 is 14.7 Å². The Balaban J connectivity index is 2.25. The minimum atomic E-state index is -0.873. The summed E-state index contributed by atoms with van der Waals surface area (Å²) in [6.07, 6.45) is 0. The summed E-state index contributed by atoms with van der Waals surface area (Å²) in [5.41, 5.74) is 0. The summed E-state index contributed by atoms with van der Waals surface area (Å²) in [5.74, 6) is -1.47. The fourth-order valence-corrected chi connectivity index (χ4v) is 3.11. The topological polar surface area (TPSA) is 54.4 Å². The van der Waals surface area contributed by atoms with E-state index in [9.17, 15) is 9.59 Å². The second kappa shape index (κ2) is 4.81. The van der Waals surface area contributed by atoms with E-state index in [1.165, 1.54) is 22.7 Å². The first-order valence-corrected chi connectivity index (χ1v) is 6.70. The molecule has 0 fully saturated rings. The maximum Gasteiger partial charge on any atom is 0.311 e. The Morgan fingerprint density at radius 2 is 2.00 bits per heavy atom. The summed E-state index contributed by atoms with van der Waals surface area (Å²) < 4.78 is 0. The van der Waals surface area contributed by atoms with E-state index in [4.69, 9.17) is 5.11 Å². The lowest BCUT2D eigenvalue weighted by atomic mass is 10.1. The van der Waals surface area contributed by atoms with Crippen molar-refractivity contribution >= 4 is 34.4 Å². The van der Waals surface area contributed by atoms with Gasteiger partial charge in [0.1, 0.15) is 0 Å². The van der Waals surface area contributed by atoms with Gasteiger partial charge in [-0.3, -0.25) is 9.59 Å². The molecule has 3 nitrogen and oxygen atoms in total. The van der Waals surface area contributed by atoms with Crippen LogP contribution in [-0.4, -0.2) is 16.9 Å². The molecule has 0 aliphatic rings. The van der Waals surface area contributed by atoms with Crippen LogP contribution in [0, 0.1) is 0 Å². The molecule has 0 aromatic carbocycles. The number of aliphatic carboxylic acids is 1. The number of rotatable bonds is 4. The third-order valence-electron chi connectivity index (χ3n) is 2.39. The number of carbonyl (C=O) groups excluding carboxylic acids is 1. The van der Waals surface area contributed by atoms with Crippen LogP contribution < -0.4 is 0 Å². The highest BCUT2D eigenvalue weighted by molar-refractivity contribution is 7.16. The van der Waals surface area contributed by atoms with Gasteiger partial charge in [0, 0.05) is 4.88 Å². The highest BCUT2D eigenvalue weighted by Crippen LogP contribution is 2.27. The average molecular weight is 266 g/mol. The van der Waals surface area contributed by atoms with Crippen molar-refractivity contribution in [2.75, 3.05) is 0 Å². The zero-order valence-electron chi connectivity index (χ0n) is 9.04. The first-order chi connectivity index (χ1) is 8.09. The molecule has 0 saturated carbocycles. The number of hydrogen-bond donors (Lipinski definition) is 1. The molecule has 0 spiro atoms. The van der Waals surface area contributed by atoms with Gasteiger partial charge in [0.15, 0.2) is 0 Å². The predicted molar refractivity (Wildman–Crippen MR) is 68.1 cm³/mol. The Bertz CT molecular complexity index is 540. The van der Waals surface area contributed by atoms with Crippen LogP contribution in [0.15, 0.2) is 29.6 Å². The molecule has 2 rings (SSSR count). The van der Waals surface area contributed by atoms with E-state index in [0.717, 1.165) is 0 Å². The summed E-state index contributed by atoms with van der Waals surface area (Å²) in [6, 6.07) is 7.01. The SMILES string of the molecule is CC(C(=O)O)c1ccc(C(=O)c2cccs2)s1. The molecule has 0 amide bonds. The summed E-state index contributed by atoms with van der Waals surface area (Å²) >= 11 is 2.64. The van der Waals surface area contributed by atoms with Gasteiger partial charge in [-0.15, -0.1) is 22.7 Å². The highest BCUT2D eigenvalue weighted by Gasteiger charge is 2.19. The number of carboxylic acids is 1. The number of ketones is 1. The Hall–Kier alpha value is -1.46. The van der Waals surface area contributed by atoms with Crippen LogP contribution in [0.4, 0.5) is 0 Å². The highest BCUT2D eigenvalue weighted by atomic mass is 32.1. The molecule has 5 heteroatoms. The Morgan fingerprint density at radius 1 is 1.24 bits per heavy atom. The van der Waals surface area contributed by atoms with Crippen molar-refractivity contribution in [1.29, 1.82) is 0 Å². The first-order valence-electron chi connectivity index (χ1n) is 5.00. The standard InChI is InChI=1S/C12H10O3S2/c1-7(12(14)15)8-4-5-10(17-8)11(13)9-3-2-6-16-9/h2-7H,1H3,(H,14,15). The molecule has 1 unspecified atom stereocenters. The molecular weight excluding hydrogens is 256 g/mol. The zero-order chi connectivity index (χ0) is 12.4. The molecule has 0 bridgehead atoms. The van der Waals surface area contributed by atoms with Gasteiger partial charge >= 0.3 is 5.97 Å². The number of thiophene rings is 2. The Morgan fingerprint density at radius 3 is 2.59 bits per heavy atom. The summed E-state index contributed by atoms with van der Waals surface area (Å²) in [4.78, 5) is 24.8. The van der Waals surface area contributed by atoms with Crippen molar-refractivity contribution in [3.63, 3.8) is 0 Å². The molecule has 0 aliphatic heterocycles. The quantitative estimate of drug-likeness (QED) is 0.864. The van der Waals surface area contributed by atoms with Crippen LogP contribution in [-0.2, 0) is 4.79 Å². The van der Waals surface area contributed by atoms with Gasteiger partial charge in [0.2, 0.25) is 5.78 Å². The second-order valence-electron chi connectivity index (χ2n) is 3.57. The van der Waals surface area contributed by atoms with Gasteiger partial charge in [0.25, 0.3) is 0 Å². The lowest BCUT2D eigenvalue weighted by Gasteiger charge is -2.00. The number of hydrogen-bond acceptors (Lipinski definition) is 4. The van der Waals surface area contributed by atoms with Gasteiger partial charge in [0.05, 0.1) is 15.7 Å². The lowest BCUT2D eigenvalue weighted by Crippen LogP contribution is -2.05. The van der Waals surface area contributed by atoms with Gasteiger partial charge in [-0.25, -0.2) is 0 Å². The van der Waals surface area contributed by atoms with E-state index < -0.39 is 11.9 Å². The smallest absolute Gasteiger partial charge is 0.311 e. The molecule has 0 radical (unpaired) electrons. The average Bonchev–Trinajstić information content (AvgIpc) is 2.98. The van der Waals surface area contributed by atoms with Crippen LogP contribution in [0.5, 0.6) is 0 Å². The molecule has 1 N–H and O–H groups in total. The molecule has 0 aliphatic carbocycles. The summed E-state index contributed by atoms with van der Waals surface area (Å²) in [7, 11) is 0. The van der Waals surface area contributed by atoms with Crippen LogP contribution in [0.25, 0.3) is 0 Å². The van der Waals surface area contributed by atoms with E-state index in [2.05, 4.69) is 0 Å². The van der Waals surface area contributed by atoms with Crippen LogP contribution >= 0.6 is 22.7 Å². The summed E-state index contributed by atoms with van der Waals surface area (Å²) in [6.45, 7) is 1.62. The third kappa shape index (κ3) is 2.45. The predicted octanol–water partition coefficient (Wildman–Crippen LogP) is 3.23. The van der Waals surface area contributed by atoms with Gasteiger partial charge in [-0.1, -0.05) is 6.07 Å². The van der Waals surface area contributed by atoms with E-state index in [0.29, 0.717) is 14.6 Å². The van der Waals surface area contributed by atoms with E-state index >= 15 is 0 Å². The molecule has 2 aromatic heterocycles. The van der Waals surface area contributed by atoms with Crippen molar-refractivity contribution in [3.8, 4) is 0 Å². The van der Waals surface area contributed by atoms with Crippen LogP contribution in [0.3, 0.4) is 0 Å². The van der Waals surface area contributed by atoms with E-state index in [1.54, 1.807) is 25.1 Å². The van der Waals surface area contributed by atoms with Crippen LogP contribution in [0.2, 0.25) is 0 Å². The van der Waals surface area contributed by atoms with Crippen molar-refractivity contribution in [2.24, 2.45) is 0 Å². The fourth-order valence-electron chi connectivity index (χ4n) is 1.36. The fraction of sp³-hybridized carbons (Fsp3) is 0.167. The maximum atomic E-state index is 12.0. The first kappa shape index (κ1) is 12.0. The third-order valence-corrected chi connectivity index (χ3v) is 4.53. The van der Waals surface area contributed by atoms with Crippen molar-refractivity contribution in [3.05, 3.63) is 44.3 Å². The molecule has 2 heterocycles. The van der Waals surface area contributed by atoms with Gasteiger partial charge in [-0.2, -0.15) is 0 Å². The van der Waals surface area contributed by atoms with E-state index in [1.807, 2.05) is 11.4 Å². The summed E-state index contributed by atoms with van der Waals surface area (Å²) in [5, 5.41) is 10.7. The second-order valence-corrected chi connectivity index (χ2v) is 5.63. The monoisotopic (exact) mass is 266 g/mol. The minimum absolute atomic E-state index is 0.0335. The molecule has 0 saturated heterocycles. The number of carbonyl (C=O) groups is 2. The zero-order valence-corrected chi connectivity index (χ0v) is 10.7. The Kier molecular flexibility index (Phi) is 3.40. The Labute approximate surface area is 106 Å². The maximum absolute atomic E-state index is 12.0. The van der Waals surface area contributed by atoms with E-state index in [-0.39, 0.29) is 5.78 Å². The largest absolute Gasteiger partial charge is 0.481 e. The molecule has 17 heavy (non-hydrogen) atoms. The number of carboxylic acid groups (broad SMARTS) is 1.